The number of alkyl carbamates (subject to hydrolysis) is 1. The molecule has 3 aliphatic heterocycles. The van der Waals surface area contributed by atoms with Gasteiger partial charge in [-0.05, 0) is 78.4 Å². The minimum atomic E-state index is -2.74. The van der Waals surface area contributed by atoms with E-state index in [-0.39, 0.29) is 81.7 Å². The Morgan fingerprint density at radius 2 is 0.875 bits per heavy atom. The predicted octanol–water partition coefficient (Wildman–Crippen LogP) is 11.8. The van der Waals surface area contributed by atoms with E-state index in [9.17, 15) is 29.1 Å². The fraction of sp³-hybridized carbons (Fsp3) is 0.393. The summed E-state index contributed by atoms with van der Waals surface area (Å²) in [5.41, 5.74) is 2.99. The number of aliphatic hydroxyl groups excluding tert-OH is 1. The molecule has 15 atom stereocenters. The number of amides is 2. The standard InChI is InChI=1S/C84H91Cl3N2O23/c1-3-46-102-83(97)88-45-27-4-5-28-47-101-80-74(109-77(94)61-39-23-11-24-40-61)73(108-76(93)60-37-21-10-22-38-60)70(65(105-80)54-100-50-58-33-17-8-18-34-58)111-81-75(110-78(95)62-41-25-12-26-42-62)72(69(103-51-59-35-19-9-20-36-59)64(106-81)53-99-49-57-31-15-7-16-32-57)112-79-67(89-82(96)84(85,86)87)71(107-66(91)44-43-55(2)90)68(92)63(104-79)52-98-48-56-29-13-6-14-30-56/h3,6-26,29-42,63-65,67-75,79-81,92H,1,4-5,27-28,43-54H2,2H3,(H,88,97)(H,89,96)/t63-,64-,65-,67-,68-,69+,70-,71-,72+,73+,74-,75-,79+,80-,81+/m1/s1. The molecule has 3 saturated heterocycles. The van der Waals surface area contributed by atoms with E-state index in [1.807, 2.05) is 72.8 Å². The lowest BCUT2D eigenvalue weighted by Crippen LogP contribution is -2.70. The first-order chi connectivity index (χ1) is 54.4. The van der Waals surface area contributed by atoms with Gasteiger partial charge in [-0.3, -0.25) is 9.59 Å². The number of Topliss-reactive ketones (excluding diaryl/α,β-unsaturated/α-hetero) is 1. The van der Waals surface area contributed by atoms with Crippen LogP contribution in [-0.2, 0) is 112 Å². The largest absolute Gasteiger partial charge is 0.457 e. The number of nitrogens with one attached hydrogen (secondary N) is 2. The van der Waals surface area contributed by atoms with E-state index >= 15 is 9.59 Å². The van der Waals surface area contributed by atoms with Gasteiger partial charge in [0.25, 0.3) is 9.70 Å². The van der Waals surface area contributed by atoms with Crippen LogP contribution in [0.3, 0.4) is 0 Å². The SMILES string of the molecule is C=CCOC(=O)NCCCCCCO[C@@H]1O[C@H](COCc2ccccc2)[C@@H](O[C@@H]2O[C@H](COCc3ccccc3)[C@H](OCc3ccccc3)[C@H](O[C@@H]3O[C@H](COCc4ccccc4)[C@@H](O)[C@H](OC(=O)CCC(C)=O)[C@H]3NC(=O)C(Cl)(Cl)Cl)[C@H]2OC(=O)c2ccccc2)[C@H](OC(=O)c2ccccc2)[C@H]1OC(=O)c1ccccc1. The van der Waals surface area contributed by atoms with Gasteiger partial charge in [0.15, 0.2) is 43.3 Å². The van der Waals surface area contributed by atoms with Crippen LogP contribution in [0.15, 0.2) is 225 Å². The van der Waals surface area contributed by atoms with E-state index in [4.69, 9.17) is 106 Å². The van der Waals surface area contributed by atoms with Gasteiger partial charge in [0.1, 0.15) is 61.2 Å². The number of aliphatic hydroxyl groups is 1. The van der Waals surface area contributed by atoms with Crippen LogP contribution in [-0.4, -0.2) is 182 Å². The molecule has 0 bridgehead atoms. The van der Waals surface area contributed by atoms with Crippen molar-refractivity contribution in [2.75, 3.05) is 39.6 Å². The average molecular weight is 1600 g/mol. The first-order valence-corrected chi connectivity index (χ1v) is 38.0. The molecule has 3 heterocycles. The molecule has 0 radical (unpaired) electrons. The zero-order chi connectivity index (χ0) is 79.0. The van der Waals surface area contributed by atoms with Crippen molar-refractivity contribution < 1.29 is 110 Å². The van der Waals surface area contributed by atoms with Crippen molar-refractivity contribution in [3.8, 4) is 0 Å². The van der Waals surface area contributed by atoms with Crippen molar-refractivity contribution in [1.29, 1.82) is 0 Å². The molecule has 0 spiro atoms. The van der Waals surface area contributed by atoms with E-state index in [2.05, 4.69) is 17.2 Å². The highest BCUT2D eigenvalue weighted by atomic mass is 35.6. The van der Waals surface area contributed by atoms with Crippen molar-refractivity contribution in [2.24, 2.45) is 0 Å². The Hall–Kier alpha value is -9.00. The molecule has 0 aliphatic carbocycles. The van der Waals surface area contributed by atoms with Crippen LogP contribution in [0.4, 0.5) is 4.79 Å². The van der Waals surface area contributed by atoms with Gasteiger partial charge in [-0.15, -0.1) is 0 Å². The number of halogens is 3. The van der Waals surface area contributed by atoms with Crippen molar-refractivity contribution in [3.05, 3.63) is 264 Å². The maximum atomic E-state index is 15.4. The molecule has 10 rings (SSSR count). The summed E-state index contributed by atoms with van der Waals surface area (Å²) < 4.78 is 97.3. The molecule has 0 saturated carbocycles. The number of ether oxygens (including phenoxy) is 15. The van der Waals surface area contributed by atoms with Crippen molar-refractivity contribution >= 4 is 76.5 Å². The lowest BCUT2D eigenvalue weighted by molar-refractivity contribution is -0.378. The lowest BCUT2D eigenvalue weighted by Gasteiger charge is -2.51. The predicted molar refractivity (Wildman–Crippen MR) is 408 cm³/mol. The van der Waals surface area contributed by atoms with Crippen molar-refractivity contribution in [1.82, 2.24) is 10.6 Å². The lowest BCUT2D eigenvalue weighted by atomic mass is 9.94. The Morgan fingerprint density at radius 3 is 1.36 bits per heavy atom. The summed E-state index contributed by atoms with van der Waals surface area (Å²) in [6.45, 7) is 3.78. The highest BCUT2D eigenvalue weighted by Gasteiger charge is 2.59. The van der Waals surface area contributed by atoms with Gasteiger partial charge in [0.05, 0.1) is 69.4 Å². The van der Waals surface area contributed by atoms with Crippen LogP contribution in [0.1, 0.15) is 98.8 Å². The highest BCUT2D eigenvalue weighted by molar-refractivity contribution is 6.76. The van der Waals surface area contributed by atoms with E-state index in [0.29, 0.717) is 37.8 Å². The Morgan fingerprint density at radius 1 is 0.455 bits per heavy atom. The van der Waals surface area contributed by atoms with Crippen LogP contribution in [0, 0.1) is 0 Å². The minimum absolute atomic E-state index is 0.00412. The molecule has 0 unspecified atom stereocenters. The second-order valence-corrected chi connectivity index (χ2v) is 28.8. The second kappa shape index (κ2) is 44.4. The number of alkyl halides is 3. The summed E-state index contributed by atoms with van der Waals surface area (Å²) in [4.78, 5) is 98.4. The Kier molecular flexibility index (Phi) is 33.9. The van der Waals surface area contributed by atoms with Crippen LogP contribution in [0.2, 0.25) is 0 Å². The van der Waals surface area contributed by atoms with Gasteiger partial charge < -0.3 is 91.6 Å². The van der Waals surface area contributed by atoms with Gasteiger partial charge in [-0.25, -0.2) is 19.2 Å². The zero-order valence-electron chi connectivity index (χ0n) is 61.5. The maximum absolute atomic E-state index is 15.4. The van der Waals surface area contributed by atoms with Crippen molar-refractivity contribution in [2.45, 2.75) is 168 Å². The number of rotatable bonds is 40. The Balaban J connectivity index is 1.13. The van der Waals surface area contributed by atoms with Gasteiger partial charge in [-0.1, -0.05) is 236 Å². The summed E-state index contributed by atoms with van der Waals surface area (Å²) in [6.07, 6.45) is -21.9. The van der Waals surface area contributed by atoms with Gasteiger partial charge >= 0.3 is 30.0 Å². The number of esters is 4. The van der Waals surface area contributed by atoms with Crippen LogP contribution in [0.25, 0.3) is 0 Å². The van der Waals surface area contributed by atoms with E-state index in [1.165, 1.54) is 49.4 Å². The number of benzene rings is 7. The molecule has 0 aromatic heterocycles. The maximum Gasteiger partial charge on any atom is 0.407 e. The fourth-order valence-electron chi connectivity index (χ4n) is 12.5. The number of carbonyl (C=O) groups excluding carboxylic acids is 7. The number of hydrogen-bond acceptors (Lipinski definition) is 23. The topological polar surface area (TPSA) is 302 Å². The highest BCUT2D eigenvalue weighted by Crippen LogP contribution is 2.40. The summed E-state index contributed by atoms with van der Waals surface area (Å²) in [6, 6.07) is 58.4. The molecule has 28 heteroatoms. The molecular formula is C84H91Cl3N2O23. The number of unbranched alkanes of at least 4 members (excludes halogenated alkanes) is 3. The summed E-state index contributed by atoms with van der Waals surface area (Å²) in [5.74, 6) is -5.50. The summed E-state index contributed by atoms with van der Waals surface area (Å²) >= 11 is 19.0. The van der Waals surface area contributed by atoms with E-state index in [1.54, 1.807) is 103 Å². The minimum Gasteiger partial charge on any atom is -0.457 e. The van der Waals surface area contributed by atoms with Crippen LogP contribution < -0.4 is 10.6 Å². The fourth-order valence-corrected chi connectivity index (χ4v) is 12.7. The monoisotopic (exact) mass is 1600 g/mol. The molecule has 112 heavy (non-hydrogen) atoms. The van der Waals surface area contributed by atoms with Crippen LogP contribution >= 0.6 is 34.8 Å². The first kappa shape index (κ1) is 85.4. The molecular weight excluding hydrogens is 1510 g/mol. The van der Waals surface area contributed by atoms with Gasteiger partial charge in [-0.2, -0.15) is 0 Å². The molecule has 7 aromatic carbocycles. The summed E-state index contributed by atoms with van der Waals surface area (Å²) in [5, 5.41) is 17.9. The molecule has 3 aliphatic rings. The average Bonchev–Trinajstić information content (AvgIpc) is 0.758. The Labute approximate surface area is 664 Å². The Bertz CT molecular complexity index is 4050. The number of ketones is 1. The second-order valence-electron chi connectivity index (χ2n) is 26.5. The normalized spacial score (nSPS) is 23.6. The first-order valence-electron chi connectivity index (χ1n) is 36.8. The van der Waals surface area contributed by atoms with Crippen LogP contribution in [0.5, 0.6) is 0 Å². The third-order valence-electron chi connectivity index (χ3n) is 18.1. The van der Waals surface area contributed by atoms with E-state index < -0.39 is 145 Å². The van der Waals surface area contributed by atoms with E-state index in [0.717, 1.165) is 16.7 Å². The molecule has 7 aromatic rings. The van der Waals surface area contributed by atoms with Crippen molar-refractivity contribution in [3.63, 3.8) is 0 Å². The molecule has 596 valence electrons. The summed E-state index contributed by atoms with van der Waals surface area (Å²) in [7, 11) is 0. The molecule has 3 N–H and O–H groups in total. The number of carbonyl (C=O) groups is 7. The smallest absolute Gasteiger partial charge is 0.407 e. The third kappa shape index (κ3) is 26.3. The third-order valence-corrected chi connectivity index (χ3v) is 18.6. The molecule has 2 amide bonds. The molecule has 25 nitrogen and oxygen atoms in total. The van der Waals surface area contributed by atoms with Gasteiger partial charge in [0, 0.05) is 19.6 Å². The quantitative estimate of drug-likeness (QED) is 0.0106. The van der Waals surface area contributed by atoms with Gasteiger partial charge in [0.2, 0.25) is 0 Å². The zero-order valence-corrected chi connectivity index (χ0v) is 63.8. The number of hydrogen-bond donors (Lipinski definition) is 3. The molecule has 3 fully saturated rings.